The quantitative estimate of drug-likeness (QED) is 0.637. The molecule has 0 fully saturated rings. The van der Waals surface area contributed by atoms with Crippen LogP contribution >= 0.6 is 33.9 Å². The van der Waals surface area contributed by atoms with E-state index in [4.69, 9.17) is 5.11 Å². The fraction of sp³-hybridized carbons (Fsp3) is 0.333. The summed E-state index contributed by atoms with van der Waals surface area (Å²) in [6.45, 7) is 0.400. The van der Waals surface area contributed by atoms with E-state index in [1.165, 1.54) is 11.3 Å². The third kappa shape index (κ3) is 4.61. The maximum absolute atomic E-state index is 11.4. The van der Waals surface area contributed by atoms with Gasteiger partial charge in [0.2, 0.25) is 0 Å². The monoisotopic (exact) mass is 339 g/mol. The summed E-state index contributed by atoms with van der Waals surface area (Å²) in [6, 6.07) is 1.80. The van der Waals surface area contributed by atoms with Gasteiger partial charge in [0.15, 0.2) is 0 Å². The summed E-state index contributed by atoms with van der Waals surface area (Å²) in [7, 11) is 0. The lowest BCUT2D eigenvalue weighted by Gasteiger charge is -2.01. The molecule has 0 aliphatic heterocycles. The Bertz CT molecular complexity index is 364. The van der Waals surface area contributed by atoms with Crippen LogP contribution < -0.4 is 5.32 Å². The van der Waals surface area contributed by atoms with Gasteiger partial charge >= 0.3 is 5.97 Å². The van der Waals surface area contributed by atoms with Crippen LogP contribution in [0.1, 0.15) is 23.2 Å². The van der Waals surface area contributed by atoms with Gasteiger partial charge in [-0.25, -0.2) is 0 Å². The molecule has 82 valence electrons. The number of hydrogen-bond donors (Lipinski definition) is 2. The molecule has 2 N–H and O–H groups in total. The number of hydrogen-bond acceptors (Lipinski definition) is 3. The molecule has 1 aromatic rings. The van der Waals surface area contributed by atoms with Gasteiger partial charge in [-0.05, 0) is 35.1 Å². The number of carbonyl (C=O) groups excluding carboxylic acids is 1. The van der Waals surface area contributed by atoms with Gasteiger partial charge < -0.3 is 10.4 Å². The van der Waals surface area contributed by atoms with Gasteiger partial charge in [-0.2, -0.15) is 0 Å². The molecule has 0 aliphatic rings. The van der Waals surface area contributed by atoms with Crippen LogP contribution in [0.4, 0.5) is 0 Å². The summed E-state index contributed by atoms with van der Waals surface area (Å²) in [4.78, 5) is 21.7. The molecule has 1 aromatic heterocycles. The standard InChI is InChI=1S/C9H10INO3S/c10-7-4-6(5-15-7)9(14)11-3-1-2-8(12)13/h4-5H,1-3H2,(H,11,14)(H,12,13). The first-order chi connectivity index (χ1) is 7.09. The van der Waals surface area contributed by atoms with Gasteiger partial charge in [-0.3, -0.25) is 9.59 Å². The lowest BCUT2D eigenvalue weighted by atomic mass is 10.3. The van der Waals surface area contributed by atoms with Crippen LogP contribution in [0, 0.1) is 2.88 Å². The Morgan fingerprint density at radius 1 is 1.53 bits per heavy atom. The number of carboxylic acid groups (broad SMARTS) is 1. The summed E-state index contributed by atoms with van der Waals surface area (Å²) in [6.07, 6.45) is 0.545. The van der Waals surface area contributed by atoms with Crippen LogP contribution in [0.15, 0.2) is 11.4 Å². The molecule has 0 aliphatic carbocycles. The Kier molecular flexibility index (Phi) is 5.03. The fourth-order valence-corrected chi connectivity index (χ4v) is 2.30. The van der Waals surface area contributed by atoms with Crippen molar-refractivity contribution in [3.05, 3.63) is 19.9 Å². The third-order valence-corrected chi connectivity index (χ3v) is 3.47. The van der Waals surface area contributed by atoms with Crippen LogP contribution in [-0.2, 0) is 4.79 Å². The van der Waals surface area contributed by atoms with Crippen LogP contribution in [0.5, 0.6) is 0 Å². The maximum Gasteiger partial charge on any atom is 0.303 e. The maximum atomic E-state index is 11.4. The van der Waals surface area contributed by atoms with Crippen molar-refractivity contribution >= 4 is 45.8 Å². The fourth-order valence-electron chi connectivity index (χ4n) is 0.973. The third-order valence-electron chi connectivity index (χ3n) is 1.68. The van der Waals surface area contributed by atoms with Crippen LogP contribution in [0.3, 0.4) is 0 Å². The molecular weight excluding hydrogens is 329 g/mol. The van der Waals surface area contributed by atoms with E-state index < -0.39 is 5.97 Å². The average Bonchev–Trinajstić information content (AvgIpc) is 2.59. The summed E-state index contributed by atoms with van der Waals surface area (Å²) in [5, 5.41) is 12.8. The number of carbonyl (C=O) groups is 2. The van der Waals surface area contributed by atoms with Gasteiger partial charge in [-0.1, -0.05) is 0 Å². The van der Waals surface area contributed by atoms with E-state index in [9.17, 15) is 9.59 Å². The molecule has 0 aromatic carbocycles. The Morgan fingerprint density at radius 3 is 2.80 bits per heavy atom. The molecule has 1 amide bonds. The predicted molar refractivity (Wildman–Crippen MR) is 66.2 cm³/mol. The largest absolute Gasteiger partial charge is 0.481 e. The van der Waals surface area contributed by atoms with Gasteiger partial charge in [0.25, 0.3) is 5.91 Å². The van der Waals surface area contributed by atoms with Crippen molar-refractivity contribution in [3.63, 3.8) is 0 Å². The minimum absolute atomic E-state index is 0.0848. The number of carboxylic acids is 1. The van der Waals surface area contributed by atoms with E-state index in [2.05, 4.69) is 27.9 Å². The average molecular weight is 339 g/mol. The van der Waals surface area contributed by atoms with Crippen molar-refractivity contribution in [2.24, 2.45) is 0 Å². The molecule has 1 heterocycles. The van der Waals surface area contributed by atoms with Gasteiger partial charge in [-0.15, -0.1) is 11.3 Å². The van der Waals surface area contributed by atoms with Crippen molar-refractivity contribution in [2.45, 2.75) is 12.8 Å². The summed E-state index contributed by atoms with van der Waals surface area (Å²) < 4.78 is 1.06. The molecule has 0 spiro atoms. The molecule has 0 radical (unpaired) electrons. The van der Waals surface area contributed by atoms with Crippen molar-refractivity contribution in [2.75, 3.05) is 6.54 Å². The van der Waals surface area contributed by atoms with Crippen molar-refractivity contribution in [3.8, 4) is 0 Å². The van der Waals surface area contributed by atoms with Crippen molar-refractivity contribution in [1.29, 1.82) is 0 Å². The van der Waals surface area contributed by atoms with Gasteiger partial charge in [0.05, 0.1) is 8.45 Å². The summed E-state index contributed by atoms with van der Waals surface area (Å²) >= 11 is 3.66. The van der Waals surface area contributed by atoms with Crippen LogP contribution in [-0.4, -0.2) is 23.5 Å². The molecule has 1 rings (SSSR count). The van der Waals surface area contributed by atoms with Gasteiger partial charge in [0.1, 0.15) is 0 Å². The zero-order valence-electron chi connectivity index (χ0n) is 7.83. The number of rotatable bonds is 5. The Labute approximate surface area is 105 Å². The van der Waals surface area contributed by atoms with E-state index in [-0.39, 0.29) is 12.3 Å². The minimum Gasteiger partial charge on any atom is -0.481 e. The molecule has 6 heteroatoms. The number of thiophene rings is 1. The molecule has 0 unspecified atom stereocenters. The lowest BCUT2D eigenvalue weighted by molar-refractivity contribution is -0.137. The van der Waals surface area contributed by atoms with E-state index in [0.717, 1.165) is 2.88 Å². The topological polar surface area (TPSA) is 66.4 Å². The number of halogens is 1. The molecule has 4 nitrogen and oxygen atoms in total. The first-order valence-corrected chi connectivity index (χ1v) is 6.29. The highest BCUT2D eigenvalue weighted by Crippen LogP contribution is 2.16. The number of aliphatic carboxylic acids is 1. The second kappa shape index (κ2) is 6.06. The van der Waals surface area contributed by atoms with E-state index in [1.54, 1.807) is 11.4 Å². The van der Waals surface area contributed by atoms with E-state index >= 15 is 0 Å². The molecule has 0 atom stereocenters. The number of nitrogens with one attached hydrogen (secondary N) is 1. The van der Waals surface area contributed by atoms with Crippen LogP contribution in [0.2, 0.25) is 0 Å². The second-order valence-corrected chi connectivity index (χ2v) is 5.70. The molecule has 0 saturated heterocycles. The second-order valence-electron chi connectivity index (χ2n) is 2.89. The predicted octanol–water partition coefficient (Wildman–Crippen LogP) is 1.95. The Hall–Kier alpha value is -0.630. The normalized spacial score (nSPS) is 9.93. The Balaban J connectivity index is 2.28. The highest BCUT2D eigenvalue weighted by atomic mass is 127. The SMILES string of the molecule is O=C(O)CCCNC(=O)c1csc(I)c1. The zero-order chi connectivity index (χ0) is 11.3. The highest BCUT2D eigenvalue weighted by Gasteiger charge is 2.06. The molecule has 0 saturated carbocycles. The minimum atomic E-state index is -0.839. The van der Waals surface area contributed by atoms with Crippen LogP contribution in [0.25, 0.3) is 0 Å². The molecular formula is C9H10INO3S. The Morgan fingerprint density at radius 2 is 2.27 bits per heavy atom. The molecule has 0 bridgehead atoms. The van der Waals surface area contributed by atoms with Gasteiger partial charge in [0, 0.05) is 18.3 Å². The lowest BCUT2D eigenvalue weighted by Crippen LogP contribution is -2.24. The highest BCUT2D eigenvalue weighted by molar-refractivity contribution is 14.1. The van der Waals surface area contributed by atoms with E-state index in [1.807, 2.05) is 0 Å². The van der Waals surface area contributed by atoms with Crippen molar-refractivity contribution < 1.29 is 14.7 Å². The van der Waals surface area contributed by atoms with Crippen molar-refractivity contribution in [1.82, 2.24) is 5.32 Å². The smallest absolute Gasteiger partial charge is 0.303 e. The molecule has 15 heavy (non-hydrogen) atoms. The number of amides is 1. The first-order valence-electron chi connectivity index (χ1n) is 4.33. The van der Waals surface area contributed by atoms with E-state index in [0.29, 0.717) is 18.5 Å². The zero-order valence-corrected chi connectivity index (χ0v) is 10.8. The summed E-state index contributed by atoms with van der Waals surface area (Å²) in [5.74, 6) is -0.978. The first kappa shape index (κ1) is 12.4. The summed E-state index contributed by atoms with van der Waals surface area (Å²) in [5.41, 5.74) is 0.639.